The molecular formula is C16H23NO2. The molecule has 0 aliphatic carbocycles. The summed E-state index contributed by atoms with van der Waals surface area (Å²) in [6, 6.07) is 8.05. The minimum atomic E-state index is -0.0107. The van der Waals surface area contributed by atoms with Crippen LogP contribution >= 0.6 is 0 Å². The van der Waals surface area contributed by atoms with Crippen LogP contribution in [0.3, 0.4) is 0 Å². The fraction of sp³-hybridized carbons (Fsp3) is 0.562. The fourth-order valence-corrected chi connectivity index (χ4v) is 2.34. The number of para-hydroxylation sites is 1. The Labute approximate surface area is 115 Å². The van der Waals surface area contributed by atoms with Crippen LogP contribution in [0.25, 0.3) is 0 Å². The van der Waals surface area contributed by atoms with Crippen molar-refractivity contribution in [2.24, 2.45) is 0 Å². The van der Waals surface area contributed by atoms with Gasteiger partial charge < -0.3 is 10.1 Å². The molecule has 2 rings (SSSR count). The third-order valence-corrected chi connectivity index (χ3v) is 3.37. The van der Waals surface area contributed by atoms with Crippen LogP contribution in [0.4, 0.5) is 0 Å². The molecule has 19 heavy (non-hydrogen) atoms. The largest absolute Gasteiger partial charge is 0.493 e. The van der Waals surface area contributed by atoms with Crippen molar-refractivity contribution in [3.05, 3.63) is 29.8 Å². The lowest BCUT2D eigenvalue weighted by molar-refractivity contribution is -0.119. The van der Waals surface area contributed by atoms with Crippen molar-refractivity contribution in [3.63, 3.8) is 0 Å². The average molecular weight is 261 g/mol. The van der Waals surface area contributed by atoms with Gasteiger partial charge in [-0.15, -0.1) is 0 Å². The lowest BCUT2D eigenvalue weighted by Gasteiger charge is -2.26. The van der Waals surface area contributed by atoms with Gasteiger partial charge in [0, 0.05) is 12.0 Å². The first-order chi connectivity index (χ1) is 8.96. The van der Waals surface area contributed by atoms with E-state index in [4.69, 9.17) is 4.74 Å². The fourth-order valence-electron chi connectivity index (χ4n) is 2.34. The maximum atomic E-state index is 12.1. The topological polar surface area (TPSA) is 38.3 Å². The molecule has 3 heteroatoms. The SMILES string of the molecule is CC(C)(C)NCC(=O)CC1CCOc2ccccc21. The Hall–Kier alpha value is -1.35. The number of fused-ring (bicyclic) bond motifs is 1. The lowest BCUT2D eigenvalue weighted by atomic mass is 9.88. The second kappa shape index (κ2) is 5.74. The Balaban J connectivity index is 1.95. The van der Waals surface area contributed by atoms with Crippen LogP contribution in [-0.4, -0.2) is 24.5 Å². The predicted molar refractivity (Wildman–Crippen MR) is 76.7 cm³/mol. The summed E-state index contributed by atoms with van der Waals surface area (Å²) in [7, 11) is 0. The Bertz CT molecular complexity index is 448. The number of Topliss-reactive ketones (excluding diaryl/α,β-unsaturated/α-hetero) is 1. The molecule has 0 spiro atoms. The maximum absolute atomic E-state index is 12.1. The maximum Gasteiger partial charge on any atom is 0.147 e. The molecule has 0 radical (unpaired) electrons. The number of carbonyl (C=O) groups is 1. The van der Waals surface area contributed by atoms with Gasteiger partial charge in [-0.2, -0.15) is 0 Å². The van der Waals surface area contributed by atoms with Crippen molar-refractivity contribution in [3.8, 4) is 5.75 Å². The summed E-state index contributed by atoms with van der Waals surface area (Å²) < 4.78 is 5.62. The quantitative estimate of drug-likeness (QED) is 0.905. The van der Waals surface area contributed by atoms with Crippen molar-refractivity contribution in [2.45, 2.75) is 45.1 Å². The Morgan fingerprint density at radius 1 is 1.37 bits per heavy atom. The molecule has 0 aromatic heterocycles. The van der Waals surface area contributed by atoms with Crippen LogP contribution in [0, 0.1) is 0 Å². The number of carbonyl (C=O) groups excluding carboxylic acids is 1. The summed E-state index contributed by atoms with van der Waals surface area (Å²) in [5.74, 6) is 1.52. The molecule has 0 saturated heterocycles. The molecule has 104 valence electrons. The van der Waals surface area contributed by atoms with E-state index in [1.165, 1.54) is 5.56 Å². The summed E-state index contributed by atoms with van der Waals surface area (Å²) in [5, 5.41) is 3.25. The molecule has 0 fully saturated rings. The molecule has 3 nitrogen and oxygen atoms in total. The summed E-state index contributed by atoms with van der Waals surface area (Å²) in [6.07, 6.45) is 1.53. The third-order valence-electron chi connectivity index (χ3n) is 3.37. The van der Waals surface area contributed by atoms with E-state index in [-0.39, 0.29) is 11.3 Å². The number of rotatable bonds is 4. The Kier molecular flexibility index (Phi) is 4.25. The van der Waals surface area contributed by atoms with Crippen molar-refractivity contribution in [1.82, 2.24) is 5.32 Å². The van der Waals surface area contributed by atoms with E-state index in [9.17, 15) is 4.79 Å². The van der Waals surface area contributed by atoms with Gasteiger partial charge in [0.05, 0.1) is 13.2 Å². The molecule has 0 bridgehead atoms. The van der Waals surface area contributed by atoms with E-state index >= 15 is 0 Å². The van der Waals surface area contributed by atoms with Crippen LogP contribution < -0.4 is 10.1 Å². The zero-order chi connectivity index (χ0) is 13.9. The Morgan fingerprint density at radius 2 is 2.11 bits per heavy atom. The summed E-state index contributed by atoms with van der Waals surface area (Å²) in [6.45, 7) is 7.38. The number of hydrogen-bond acceptors (Lipinski definition) is 3. The first-order valence-electron chi connectivity index (χ1n) is 6.94. The van der Waals surface area contributed by atoms with E-state index in [0.717, 1.165) is 12.2 Å². The lowest BCUT2D eigenvalue weighted by Crippen LogP contribution is -2.39. The highest BCUT2D eigenvalue weighted by Gasteiger charge is 2.23. The van der Waals surface area contributed by atoms with Gasteiger partial charge in [0.15, 0.2) is 0 Å². The van der Waals surface area contributed by atoms with E-state index in [2.05, 4.69) is 32.2 Å². The number of ether oxygens (including phenoxy) is 1. The molecule has 0 saturated carbocycles. The van der Waals surface area contributed by atoms with Gasteiger partial charge >= 0.3 is 0 Å². The standard InChI is InChI=1S/C16H23NO2/c1-16(2,3)17-11-13(18)10-12-8-9-19-15-7-5-4-6-14(12)15/h4-7,12,17H,8-11H2,1-3H3. The van der Waals surface area contributed by atoms with Crippen molar-refractivity contribution < 1.29 is 9.53 Å². The van der Waals surface area contributed by atoms with Gasteiger partial charge in [0.1, 0.15) is 11.5 Å². The van der Waals surface area contributed by atoms with Crippen LogP contribution in [0.5, 0.6) is 5.75 Å². The van der Waals surface area contributed by atoms with Crippen LogP contribution in [-0.2, 0) is 4.79 Å². The van der Waals surface area contributed by atoms with E-state index in [1.54, 1.807) is 0 Å². The molecule has 1 aliphatic rings. The number of hydrogen-bond donors (Lipinski definition) is 1. The zero-order valence-corrected chi connectivity index (χ0v) is 12.0. The molecule has 0 amide bonds. The molecule has 1 aromatic rings. The number of benzene rings is 1. The number of ketones is 1. The average Bonchev–Trinajstić information content (AvgIpc) is 2.36. The van der Waals surface area contributed by atoms with Gasteiger partial charge in [0.25, 0.3) is 0 Å². The monoisotopic (exact) mass is 261 g/mol. The minimum absolute atomic E-state index is 0.0107. The van der Waals surface area contributed by atoms with Crippen molar-refractivity contribution >= 4 is 5.78 Å². The summed E-state index contributed by atoms with van der Waals surface area (Å²) in [4.78, 5) is 12.1. The van der Waals surface area contributed by atoms with Gasteiger partial charge in [-0.3, -0.25) is 4.79 Å². The smallest absolute Gasteiger partial charge is 0.147 e. The molecular weight excluding hydrogens is 238 g/mol. The summed E-state index contributed by atoms with van der Waals surface area (Å²) in [5.41, 5.74) is 1.17. The molecule has 1 aliphatic heterocycles. The van der Waals surface area contributed by atoms with E-state index in [0.29, 0.717) is 25.5 Å². The normalized spacial score (nSPS) is 18.6. The first-order valence-corrected chi connectivity index (χ1v) is 6.94. The van der Waals surface area contributed by atoms with Crippen LogP contribution in [0.15, 0.2) is 24.3 Å². The highest BCUT2D eigenvalue weighted by Crippen LogP contribution is 2.35. The highest BCUT2D eigenvalue weighted by atomic mass is 16.5. The van der Waals surface area contributed by atoms with Crippen molar-refractivity contribution in [1.29, 1.82) is 0 Å². The van der Waals surface area contributed by atoms with Gasteiger partial charge in [-0.25, -0.2) is 0 Å². The molecule has 1 N–H and O–H groups in total. The van der Waals surface area contributed by atoms with Crippen molar-refractivity contribution in [2.75, 3.05) is 13.2 Å². The second-order valence-electron chi connectivity index (χ2n) is 6.22. The van der Waals surface area contributed by atoms with Crippen LogP contribution in [0.1, 0.15) is 45.1 Å². The molecule has 1 unspecified atom stereocenters. The summed E-state index contributed by atoms with van der Waals surface area (Å²) >= 11 is 0. The van der Waals surface area contributed by atoms with Gasteiger partial charge in [0.2, 0.25) is 0 Å². The molecule has 1 atom stereocenters. The van der Waals surface area contributed by atoms with Gasteiger partial charge in [-0.1, -0.05) is 18.2 Å². The van der Waals surface area contributed by atoms with Gasteiger partial charge in [-0.05, 0) is 44.7 Å². The number of nitrogens with one attached hydrogen (secondary N) is 1. The predicted octanol–water partition coefficient (Wildman–Crippen LogP) is 2.90. The van der Waals surface area contributed by atoms with Crippen LogP contribution in [0.2, 0.25) is 0 Å². The molecule has 1 aromatic carbocycles. The zero-order valence-electron chi connectivity index (χ0n) is 12.0. The molecule has 1 heterocycles. The first kappa shape index (κ1) is 14.1. The third kappa shape index (κ3) is 4.06. The highest BCUT2D eigenvalue weighted by molar-refractivity contribution is 5.81. The van der Waals surface area contributed by atoms with E-state index in [1.807, 2.05) is 18.2 Å². The Morgan fingerprint density at radius 3 is 2.84 bits per heavy atom. The van der Waals surface area contributed by atoms with E-state index < -0.39 is 0 Å². The second-order valence-corrected chi connectivity index (χ2v) is 6.22. The minimum Gasteiger partial charge on any atom is -0.493 e.